The van der Waals surface area contributed by atoms with Crippen molar-refractivity contribution in [2.45, 2.75) is 44.9 Å². The smallest absolute Gasteiger partial charge is 0.305 e. The molecule has 4 rings (SSSR count). The fourth-order valence-corrected chi connectivity index (χ4v) is 4.99. The zero-order valence-corrected chi connectivity index (χ0v) is 18.7. The van der Waals surface area contributed by atoms with Crippen LogP contribution in [0.3, 0.4) is 0 Å². The van der Waals surface area contributed by atoms with E-state index in [2.05, 4.69) is 9.88 Å². The van der Waals surface area contributed by atoms with Crippen molar-refractivity contribution in [2.75, 3.05) is 26.2 Å². The third-order valence-corrected chi connectivity index (χ3v) is 6.74. The van der Waals surface area contributed by atoms with Gasteiger partial charge in [-0.2, -0.15) is 0 Å². The van der Waals surface area contributed by atoms with Gasteiger partial charge in [-0.3, -0.25) is 9.59 Å². The number of nitrogens with one attached hydrogen (secondary N) is 1. The average Bonchev–Trinajstić information content (AvgIpc) is 3.45. The topological polar surface area (TPSA) is 75.3 Å². The van der Waals surface area contributed by atoms with Crippen molar-refractivity contribution in [3.8, 4) is 0 Å². The summed E-state index contributed by atoms with van der Waals surface area (Å²) in [5.41, 5.74) is 2.69. The zero-order chi connectivity index (χ0) is 21.6. The number of nitrogens with zero attached hydrogens (tertiary/aromatic N) is 2. The Balaban J connectivity index is 1.28. The highest BCUT2D eigenvalue weighted by atomic mass is 32.1. The van der Waals surface area contributed by atoms with Crippen LogP contribution in [0.25, 0.3) is 10.9 Å². The molecule has 0 atom stereocenters. The van der Waals surface area contributed by atoms with Gasteiger partial charge in [-0.05, 0) is 51.4 Å². The van der Waals surface area contributed by atoms with E-state index in [0.29, 0.717) is 29.5 Å². The number of para-hydroxylation sites is 1. The molecule has 1 fully saturated rings. The number of esters is 1. The lowest BCUT2D eigenvalue weighted by Gasteiger charge is -2.31. The van der Waals surface area contributed by atoms with Crippen molar-refractivity contribution < 1.29 is 14.3 Å². The van der Waals surface area contributed by atoms with E-state index in [1.165, 1.54) is 11.3 Å². The van der Waals surface area contributed by atoms with E-state index < -0.39 is 0 Å². The molecule has 1 aliphatic rings. The van der Waals surface area contributed by atoms with Crippen LogP contribution in [-0.4, -0.2) is 52.9 Å². The summed E-state index contributed by atoms with van der Waals surface area (Å²) in [5, 5.41) is 3.55. The summed E-state index contributed by atoms with van der Waals surface area (Å²) in [6.07, 6.45) is 6.05. The molecule has 31 heavy (non-hydrogen) atoms. The van der Waals surface area contributed by atoms with Gasteiger partial charge >= 0.3 is 5.97 Å². The predicted molar refractivity (Wildman–Crippen MR) is 123 cm³/mol. The SMILES string of the molecule is CCCOC(=O)CCCN1CCC(c2csc(C(=O)c3c[nH]c4ccccc34)n2)CC1. The number of fused-ring (bicyclic) bond motifs is 1. The van der Waals surface area contributed by atoms with Crippen LogP contribution in [-0.2, 0) is 9.53 Å². The van der Waals surface area contributed by atoms with E-state index in [1.54, 1.807) is 6.20 Å². The number of thiazole rings is 1. The Morgan fingerprint density at radius 1 is 1.26 bits per heavy atom. The third kappa shape index (κ3) is 5.22. The number of piperidine rings is 1. The number of ketones is 1. The number of benzene rings is 1. The minimum Gasteiger partial charge on any atom is -0.466 e. The molecule has 3 heterocycles. The minimum atomic E-state index is -0.0911. The summed E-state index contributed by atoms with van der Waals surface area (Å²) < 4.78 is 5.13. The Kier molecular flexibility index (Phi) is 7.14. The molecule has 1 N–H and O–H groups in total. The second-order valence-corrected chi connectivity index (χ2v) is 8.95. The van der Waals surface area contributed by atoms with Crippen LogP contribution < -0.4 is 0 Å². The molecule has 0 unspecified atom stereocenters. The van der Waals surface area contributed by atoms with Crippen molar-refractivity contribution in [1.29, 1.82) is 0 Å². The summed E-state index contributed by atoms with van der Waals surface area (Å²) >= 11 is 1.44. The Hall–Kier alpha value is -2.51. The van der Waals surface area contributed by atoms with Gasteiger partial charge < -0.3 is 14.6 Å². The van der Waals surface area contributed by atoms with Crippen LogP contribution in [0.4, 0.5) is 0 Å². The number of carbonyl (C=O) groups is 2. The number of hydrogen-bond acceptors (Lipinski definition) is 6. The molecule has 2 aromatic heterocycles. The van der Waals surface area contributed by atoms with Crippen LogP contribution in [0, 0.1) is 0 Å². The molecule has 7 heteroatoms. The Labute approximate surface area is 186 Å². The summed E-state index contributed by atoms with van der Waals surface area (Å²) in [4.78, 5) is 34.9. The highest BCUT2D eigenvalue weighted by molar-refractivity contribution is 7.12. The lowest BCUT2D eigenvalue weighted by atomic mass is 9.94. The number of likely N-dealkylation sites (tertiary alicyclic amines) is 1. The summed E-state index contributed by atoms with van der Waals surface area (Å²) in [5.74, 6) is 0.291. The van der Waals surface area contributed by atoms with Crippen molar-refractivity contribution in [1.82, 2.24) is 14.9 Å². The summed E-state index contributed by atoms with van der Waals surface area (Å²) in [6, 6.07) is 7.84. The number of carbonyl (C=O) groups excluding carboxylic acids is 2. The van der Waals surface area contributed by atoms with Crippen LogP contribution in [0.1, 0.15) is 66.0 Å². The maximum Gasteiger partial charge on any atom is 0.305 e. The standard InChI is InChI=1S/C24H29N3O3S/c1-2-14-30-22(28)8-5-11-27-12-9-17(10-13-27)21-16-31-24(26-21)23(29)19-15-25-20-7-4-3-6-18(19)20/h3-4,6-7,15-17,25H,2,5,8-14H2,1H3. The molecule has 3 aromatic rings. The third-order valence-electron chi connectivity index (χ3n) is 5.88. The Morgan fingerprint density at radius 3 is 2.87 bits per heavy atom. The number of ether oxygens (including phenoxy) is 1. The molecule has 0 aliphatic carbocycles. The van der Waals surface area contributed by atoms with Gasteiger partial charge in [0.15, 0.2) is 5.01 Å². The first-order valence-electron chi connectivity index (χ1n) is 11.1. The summed E-state index contributed by atoms with van der Waals surface area (Å²) in [7, 11) is 0. The first kappa shape index (κ1) is 21.7. The minimum absolute atomic E-state index is 0.0129. The fraction of sp³-hybridized carbons (Fsp3) is 0.458. The second kappa shape index (κ2) is 10.2. The van der Waals surface area contributed by atoms with Gasteiger partial charge in [0, 0.05) is 34.8 Å². The predicted octanol–water partition coefficient (Wildman–Crippen LogP) is 4.77. The van der Waals surface area contributed by atoms with Crippen LogP contribution in [0.15, 0.2) is 35.8 Å². The van der Waals surface area contributed by atoms with Gasteiger partial charge in [0.25, 0.3) is 0 Å². The lowest BCUT2D eigenvalue weighted by molar-refractivity contribution is -0.143. The quantitative estimate of drug-likeness (QED) is 0.384. The monoisotopic (exact) mass is 439 g/mol. The fourth-order valence-electron chi connectivity index (χ4n) is 4.14. The van der Waals surface area contributed by atoms with Crippen molar-refractivity contribution in [3.05, 3.63) is 52.1 Å². The van der Waals surface area contributed by atoms with E-state index in [-0.39, 0.29) is 11.8 Å². The van der Waals surface area contributed by atoms with Gasteiger partial charge in [-0.1, -0.05) is 25.1 Å². The van der Waals surface area contributed by atoms with E-state index >= 15 is 0 Å². The van der Waals surface area contributed by atoms with E-state index in [1.807, 2.05) is 36.6 Å². The van der Waals surface area contributed by atoms with Gasteiger partial charge in [-0.25, -0.2) is 4.98 Å². The van der Waals surface area contributed by atoms with Crippen LogP contribution >= 0.6 is 11.3 Å². The van der Waals surface area contributed by atoms with Gasteiger partial charge in [-0.15, -0.1) is 11.3 Å². The van der Waals surface area contributed by atoms with Gasteiger partial charge in [0.1, 0.15) is 0 Å². The zero-order valence-electron chi connectivity index (χ0n) is 17.9. The van der Waals surface area contributed by atoms with Gasteiger partial charge in [0.05, 0.1) is 17.9 Å². The molecule has 1 aromatic carbocycles. The summed E-state index contributed by atoms with van der Waals surface area (Å²) in [6.45, 7) is 5.44. The molecule has 1 aliphatic heterocycles. The maximum atomic E-state index is 13.0. The molecular weight excluding hydrogens is 410 g/mol. The molecule has 0 amide bonds. The lowest BCUT2D eigenvalue weighted by Crippen LogP contribution is -2.34. The Bertz CT molecular complexity index is 1030. The van der Waals surface area contributed by atoms with Gasteiger partial charge in [0.2, 0.25) is 5.78 Å². The van der Waals surface area contributed by atoms with E-state index in [9.17, 15) is 9.59 Å². The molecule has 0 spiro atoms. The number of hydrogen-bond donors (Lipinski definition) is 1. The highest BCUT2D eigenvalue weighted by Crippen LogP contribution is 2.30. The van der Waals surface area contributed by atoms with Crippen LogP contribution in [0.2, 0.25) is 0 Å². The molecule has 0 radical (unpaired) electrons. The van der Waals surface area contributed by atoms with E-state index in [0.717, 1.165) is 61.9 Å². The Morgan fingerprint density at radius 2 is 2.06 bits per heavy atom. The number of aromatic amines is 1. The molecule has 1 saturated heterocycles. The molecule has 6 nitrogen and oxygen atoms in total. The first-order valence-corrected chi connectivity index (χ1v) is 12.0. The largest absolute Gasteiger partial charge is 0.466 e. The van der Waals surface area contributed by atoms with Crippen LogP contribution in [0.5, 0.6) is 0 Å². The second-order valence-electron chi connectivity index (χ2n) is 8.09. The molecule has 0 bridgehead atoms. The van der Waals surface area contributed by atoms with E-state index in [4.69, 9.17) is 9.72 Å². The maximum absolute atomic E-state index is 13.0. The molecule has 164 valence electrons. The van der Waals surface area contributed by atoms with Crippen molar-refractivity contribution >= 4 is 34.0 Å². The van der Waals surface area contributed by atoms with Crippen molar-refractivity contribution in [3.63, 3.8) is 0 Å². The van der Waals surface area contributed by atoms with Crippen molar-refractivity contribution in [2.24, 2.45) is 0 Å². The highest BCUT2D eigenvalue weighted by Gasteiger charge is 2.24. The molecular formula is C24H29N3O3S. The average molecular weight is 440 g/mol. The number of rotatable bonds is 9. The number of H-pyrrole nitrogens is 1. The molecule has 0 saturated carbocycles. The first-order chi connectivity index (χ1) is 15.2. The normalized spacial score (nSPS) is 15.4. The number of aromatic nitrogens is 2.